The van der Waals surface area contributed by atoms with Gasteiger partial charge in [0.05, 0.1) is 16.7 Å². The van der Waals surface area contributed by atoms with E-state index in [1.807, 2.05) is 18.2 Å². The highest BCUT2D eigenvalue weighted by molar-refractivity contribution is 14.1. The van der Waals surface area contributed by atoms with Crippen LogP contribution >= 0.6 is 22.6 Å². The average Bonchev–Trinajstić information content (AvgIpc) is 2.05. The van der Waals surface area contributed by atoms with Gasteiger partial charge in [-0.25, -0.2) is 4.98 Å². The Kier molecular flexibility index (Phi) is 3.11. The summed E-state index contributed by atoms with van der Waals surface area (Å²) in [6.07, 6.45) is 0. The van der Waals surface area contributed by atoms with Gasteiger partial charge in [0.25, 0.3) is 0 Å². The highest BCUT2D eigenvalue weighted by atomic mass is 127. The van der Waals surface area contributed by atoms with Crippen molar-refractivity contribution >= 4 is 22.6 Å². The number of alkyl halides is 1. The summed E-state index contributed by atoms with van der Waals surface area (Å²) in [5.41, 5.74) is 1.06. The van der Waals surface area contributed by atoms with E-state index in [0.29, 0.717) is 9.80 Å². The summed E-state index contributed by atoms with van der Waals surface area (Å²) in [6, 6.07) is 5.80. The van der Waals surface area contributed by atoms with Crippen LogP contribution in [0.3, 0.4) is 0 Å². The van der Waals surface area contributed by atoms with Gasteiger partial charge in [0.15, 0.2) is 0 Å². The van der Waals surface area contributed by atoms with Gasteiger partial charge in [0, 0.05) is 6.07 Å². The fourth-order valence-corrected chi connectivity index (χ4v) is 1.11. The van der Waals surface area contributed by atoms with Crippen LogP contribution in [-0.4, -0.2) is 12.1 Å². The van der Waals surface area contributed by atoms with Gasteiger partial charge in [-0.3, -0.25) is 0 Å². The fourth-order valence-electron chi connectivity index (χ4n) is 0.766. The lowest BCUT2D eigenvalue weighted by Crippen LogP contribution is -1.92. The van der Waals surface area contributed by atoms with Crippen molar-refractivity contribution in [2.75, 3.05) is 7.11 Å². The molecule has 3 heteroatoms. The molecule has 1 rings (SSSR count). The number of aromatic nitrogens is 1. The predicted octanol–water partition coefficient (Wildman–Crippen LogP) is 2.59. The lowest BCUT2D eigenvalue weighted by molar-refractivity contribution is 0.396. The Balaban J connectivity index is 2.91. The minimum atomic E-state index is 0.433. The SMILES string of the molecule is COc1cccc([C@@H](C)I)n1. The minimum absolute atomic E-state index is 0.433. The molecule has 0 saturated carbocycles. The van der Waals surface area contributed by atoms with E-state index >= 15 is 0 Å². The molecule has 0 N–H and O–H groups in total. The summed E-state index contributed by atoms with van der Waals surface area (Å²) in [6.45, 7) is 2.10. The third-order valence-corrected chi connectivity index (χ3v) is 2.00. The Morgan fingerprint density at radius 1 is 1.55 bits per heavy atom. The van der Waals surface area contributed by atoms with Gasteiger partial charge in [-0.05, 0) is 13.0 Å². The third kappa shape index (κ3) is 2.32. The van der Waals surface area contributed by atoms with Crippen molar-refractivity contribution in [1.29, 1.82) is 0 Å². The summed E-state index contributed by atoms with van der Waals surface area (Å²) < 4.78 is 5.42. The topological polar surface area (TPSA) is 22.1 Å². The summed E-state index contributed by atoms with van der Waals surface area (Å²) in [7, 11) is 1.63. The van der Waals surface area contributed by atoms with E-state index in [9.17, 15) is 0 Å². The lowest BCUT2D eigenvalue weighted by atomic mass is 10.3. The van der Waals surface area contributed by atoms with Crippen LogP contribution in [0.15, 0.2) is 18.2 Å². The van der Waals surface area contributed by atoms with Gasteiger partial charge >= 0.3 is 0 Å². The van der Waals surface area contributed by atoms with Crippen molar-refractivity contribution in [2.45, 2.75) is 10.8 Å². The van der Waals surface area contributed by atoms with Gasteiger partial charge in [-0.15, -0.1) is 0 Å². The third-order valence-electron chi connectivity index (χ3n) is 1.36. The molecule has 11 heavy (non-hydrogen) atoms. The lowest BCUT2D eigenvalue weighted by Gasteiger charge is -2.03. The number of rotatable bonds is 2. The van der Waals surface area contributed by atoms with E-state index in [1.165, 1.54) is 0 Å². The first kappa shape index (κ1) is 8.77. The first-order valence-corrected chi connectivity index (χ1v) is 4.63. The molecule has 60 valence electrons. The molecule has 0 aromatic carbocycles. The largest absolute Gasteiger partial charge is 0.481 e. The zero-order valence-corrected chi connectivity index (χ0v) is 8.70. The Bertz CT molecular complexity index is 237. The normalized spacial score (nSPS) is 12.6. The molecule has 0 aliphatic rings. The van der Waals surface area contributed by atoms with Crippen molar-refractivity contribution < 1.29 is 4.74 Å². The van der Waals surface area contributed by atoms with Gasteiger partial charge in [-0.2, -0.15) is 0 Å². The second kappa shape index (κ2) is 3.90. The number of nitrogens with zero attached hydrogens (tertiary/aromatic N) is 1. The number of halogens is 1. The minimum Gasteiger partial charge on any atom is -0.481 e. The smallest absolute Gasteiger partial charge is 0.213 e. The van der Waals surface area contributed by atoms with E-state index in [0.717, 1.165) is 5.69 Å². The number of hydrogen-bond donors (Lipinski definition) is 0. The molecule has 0 fully saturated rings. The van der Waals surface area contributed by atoms with Crippen LogP contribution < -0.4 is 4.74 Å². The van der Waals surface area contributed by atoms with Crippen LogP contribution in [0.1, 0.15) is 16.5 Å². The molecule has 1 aromatic rings. The van der Waals surface area contributed by atoms with Crippen molar-refractivity contribution in [1.82, 2.24) is 4.98 Å². The van der Waals surface area contributed by atoms with Crippen molar-refractivity contribution in [3.63, 3.8) is 0 Å². The van der Waals surface area contributed by atoms with E-state index in [4.69, 9.17) is 4.74 Å². The molecule has 0 aliphatic heterocycles. The maximum absolute atomic E-state index is 4.99. The van der Waals surface area contributed by atoms with Gasteiger partial charge in [0.2, 0.25) is 5.88 Å². The number of methoxy groups -OCH3 is 1. The van der Waals surface area contributed by atoms with E-state index < -0.39 is 0 Å². The van der Waals surface area contributed by atoms with Crippen LogP contribution in [0.4, 0.5) is 0 Å². The van der Waals surface area contributed by atoms with Crippen molar-refractivity contribution in [3.05, 3.63) is 23.9 Å². The molecule has 0 saturated heterocycles. The van der Waals surface area contributed by atoms with Crippen molar-refractivity contribution in [3.8, 4) is 5.88 Å². The molecule has 0 amide bonds. The second-order valence-corrected chi connectivity index (χ2v) is 4.09. The standard InChI is InChI=1S/C8H10INO/c1-6(9)7-4-3-5-8(10-7)11-2/h3-6H,1-2H3/t6-/m1/s1. The first-order chi connectivity index (χ1) is 5.24. The van der Waals surface area contributed by atoms with Gasteiger partial charge < -0.3 is 4.74 Å². The van der Waals surface area contributed by atoms with E-state index in [2.05, 4.69) is 34.5 Å². The Morgan fingerprint density at radius 2 is 2.27 bits per heavy atom. The molecule has 1 heterocycles. The van der Waals surface area contributed by atoms with Crippen LogP contribution in [0, 0.1) is 0 Å². The fraction of sp³-hybridized carbons (Fsp3) is 0.375. The Hall–Kier alpha value is -0.320. The summed E-state index contributed by atoms with van der Waals surface area (Å²) in [4.78, 5) is 4.26. The zero-order valence-electron chi connectivity index (χ0n) is 6.54. The summed E-state index contributed by atoms with van der Waals surface area (Å²) >= 11 is 2.32. The monoisotopic (exact) mass is 263 g/mol. The van der Waals surface area contributed by atoms with Crippen LogP contribution in [0.5, 0.6) is 5.88 Å². The number of hydrogen-bond acceptors (Lipinski definition) is 2. The predicted molar refractivity (Wildman–Crippen MR) is 53.2 cm³/mol. The molecule has 1 atom stereocenters. The molecule has 0 aliphatic carbocycles. The van der Waals surface area contributed by atoms with Gasteiger partial charge in [0.1, 0.15) is 0 Å². The van der Waals surface area contributed by atoms with Crippen LogP contribution in [0.2, 0.25) is 0 Å². The summed E-state index contributed by atoms with van der Waals surface area (Å²) in [5.74, 6) is 0.686. The molecule has 0 radical (unpaired) electrons. The molecular weight excluding hydrogens is 253 g/mol. The second-order valence-electron chi connectivity index (χ2n) is 2.22. The molecule has 0 unspecified atom stereocenters. The molecule has 0 spiro atoms. The zero-order chi connectivity index (χ0) is 8.27. The Morgan fingerprint density at radius 3 is 2.82 bits per heavy atom. The average molecular weight is 263 g/mol. The maximum Gasteiger partial charge on any atom is 0.213 e. The molecule has 2 nitrogen and oxygen atoms in total. The molecule has 0 bridgehead atoms. The highest BCUT2D eigenvalue weighted by Crippen LogP contribution is 2.21. The van der Waals surface area contributed by atoms with Crippen LogP contribution in [0.25, 0.3) is 0 Å². The maximum atomic E-state index is 4.99. The van der Waals surface area contributed by atoms with Crippen LogP contribution in [-0.2, 0) is 0 Å². The first-order valence-electron chi connectivity index (χ1n) is 3.39. The van der Waals surface area contributed by atoms with E-state index in [1.54, 1.807) is 7.11 Å². The molecule has 1 aromatic heterocycles. The molecular formula is C8H10INO. The van der Waals surface area contributed by atoms with Gasteiger partial charge in [-0.1, -0.05) is 28.7 Å². The summed E-state index contributed by atoms with van der Waals surface area (Å²) in [5, 5.41) is 0. The highest BCUT2D eigenvalue weighted by Gasteiger charge is 2.01. The van der Waals surface area contributed by atoms with Crippen molar-refractivity contribution in [2.24, 2.45) is 0 Å². The number of pyridine rings is 1. The Labute approximate surface area is 80.1 Å². The van der Waals surface area contributed by atoms with E-state index in [-0.39, 0.29) is 0 Å². The number of ether oxygens (including phenoxy) is 1. The quantitative estimate of drug-likeness (QED) is 0.604.